The first-order chi connectivity index (χ1) is 12.3. The molecule has 7 nitrogen and oxygen atoms in total. The number of halogens is 1. The van der Waals surface area contributed by atoms with Crippen molar-refractivity contribution in [3.63, 3.8) is 0 Å². The zero-order valence-corrected chi connectivity index (χ0v) is 17.7. The monoisotopic (exact) mass is 399 g/mol. The molecule has 3 N–H and O–H groups in total. The lowest BCUT2D eigenvalue weighted by Crippen LogP contribution is -2.47. The molecule has 1 fully saturated rings. The van der Waals surface area contributed by atoms with Crippen molar-refractivity contribution in [2.24, 2.45) is 17.6 Å². The lowest BCUT2D eigenvalue weighted by molar-refractivity contribution is -0.134. The number of hydrogen-bond donors (Lipinski definition) is 2. The summed E-state index contributed by atoms with van der Waals surface area (Å²) in [4.78, 5) is 26.4. The van der Waals surface area contributed by atoms with Crippen molar-refractivity contribution in [1.82, 2.24) is 14.7 Å². The Morgan fingerprint density at radius 1 is 1.22 bits per heavy atom. The number of nitrogens with two attached hydrogens (primary N) is 1. The van der Waals surface area contributed by atoms with Crippen LogP contribution in [0.25, 0.3) is 0 Å². The summed E-state index contributed by atoms with van der Waals surface area (Å²) in [6.45, 7) is 9.54. The van der Waals surface area contributed by atoms with E-state index in [-0.39, 0.29) is 30.3 Å². The Bertz CT molecular complexity index is 609. The molecule has 154 valence electrons. The summed E-state index contributed by atoms with van der Waals surface area (Å²) in [7, 11) is 0. The topological polar surface area (TPSA) is 93.2 Å². The molecule has 1 saturated heterocycles. The first-order valence-electron chi connectivity index (χ1n) is 9.65. The third kappa shape index (κ3) is 6.81. The van der Waals surface area contributed by atoms with Crippen molar-refractivity contribution in [2.75, 3.05) is 18.4 Å². The van der Waals surface area contributed by atoms with Crippen LogP contribution in [-0.2, 0) is 9.59 Å². The maximum Gasteiger partial charge on any atom is 0.239 e. The molecule has 0 aliphatic carbocycles. The highest BCUT2D eigenvalue weighted by atomic mass is 35.5. The average Bonchev–Trinajstić information content (AvgIpc) is 3.00. The van der Waals surface area contributed by atoms with Gasteiger partial charge >= 0.3 is 0 Å². The van der Waals surface area contributed by atoms with Crippen molar-refractivity contribution in [3.05, 3.63) is 12.3 Å². The van der Waals surface area contributed by atoms with Crippen molar-refractivity contribution >= 4 is 30.0 Å². The van der Waals surface area contributed by atoms with Gasteiger partial charge in [0, 0.05) is 25.6 Å². The molecular weight excluding hydrogens is 366 g/mol. The molecule has 2 amide bonds. The summed E-state index contributed by atoms with van der Waals surface area (Å²) in [5.41, 5.74) is 6.04. The normalized spacial score (nSPS) is 16.3. The Morgan fingerprint density at radius 2 is 1.85 bits per heavy atom. The average molecular weight is 400 g/mol. The fraction of sp³-hybridized carbons (Fsp3) is 0.737. The van der Waals surface area contributed by atoms with Gasteiger partial charge in [0.2, 0.25) is 11.8 Å². The van der Waals surface area contributed by atoms with E-state index in [1.807, 2.05) is 29.5 Å². The summed E-state index contributed by atoms with van der Waals surface area (Å²) in [5.74, 6) is 1.51. The number of likely N-dealkylation sites (tertiary alicyclic amines) is 1. The van der Waals surface area contributed by atoms with Gasteiger partial charge < -0.3 is 16.0 Å². The first kappa shape index (κ1) is 23.4. The Morgan fingerprint density at radius 3 is 2.41 bits per heavy atom. The standard InChI is InChI=1S/C19H33N5O2.ClH/c1-13(2)11-16(20)19(26)23-9-6-15(7-10-23)24-17(5-8-21-24)22-18(25)12-14(3)4;/h5,8,13-16H,6-7,9-12,20H2,1-4H3,(H,22,25);1H/t16-;/m1./s1. The molecule has 1 atom stereocenters. The van der Waals surface area contributed by atoms with E-state index in [1.165, 1.54) is 0 Å². The molecule has 1 aromatic rings. The van der Waals surface area contributed by atoms with Gasteiger partial charge in [0.15, 0.2) is 0 Å². The SMILES string of the molecule is CC(C)CC(=O)Nc1ccnn1C1CCN(C(=O)[C@H](N)CC(C)C)CC1.Cl. The number of aromatic nitrogens is 2. The molecule has 1 aliphatic heterocycles. The molecule has 0 radical (unpaired) electrons. The van der Waals surface area contributed by atoms with E-state index in [4.69, 9.17) is 5.73 Å². The first-order valence-corrected chi connectivity index (χ1v) is 9.65. The number of amides is 2. The molecule has 0 spiro atoms. The Balaban J connectivity index is 0.00000364. The quantitative estimate of drug-likeness (QED) is 0.737. The van der Waals surface area contributed by atoms with Crippen LogP contribution in [0, 0.1) is 11.8 Å². The number of nitrogens with zero attached hydrogens (tertiary/aromatic N) is 3. The van der Waals surface area contributed by atoms with Gasteiger partial charge in [-0.1, -0.05) is 27.7 Å². The third-order valence-electron chi connectivity index (χ3n) is 4.70. The highest BCUT2D eigenvalue weighted by Crippen LogP contribution is 2.26. The number of hydrogen-bond acceptors (Lipinski definition) is 4. The van der Waals surface area contributed by atoms with Gasteiger partial charge in [0.05, 0.1) is 18.3 Å². The van der Waals surface area contributed by atoms with Crippen LogP contribution in [0.2, 0.25) is 0 Å². The molecule has 27 heavy (non-hydrogen) atoms. The van der Waals surface area contributed by atoms with Crippen LogP contribution < -0.4 is 11.1 Å². The molecule has 0 unspecified atom stereocenters. The van der Waals surface area contributed by atoms with Gasteiger partial charge in [-0.15, -0.1) is 12.4 Å². The molecule has 2 heterocycles. The molecule has 1 aromatic heterocycles. The largest absolute Gasteiger partial charge is 0.341 e. The van der Waals surface area contributed by atoms with E-state index < -0.39 is 6.04 Å². The Labute approximate surface area is 168 Å². The number of rotatable bonds is 7. The summed E-state index contributed by atoms with van der Waals surface area (Å²) in [5, 5.41) is 7.34. The molecule has 0 bridgehead atoms. The molecule has 0 aromatic carbocycles. The Kier molecular flexibility index (Phi) is 9.26. The molecule has 2 rings (SSSR count). The summed E-state index contributed by atoms with van der Waals surface area (Å²) < 4.78 is 1.88. The summed E-state index contributed by atoms with van der Waals surface area (Å²) in [6.07, 6.45) is 4.54. The van der Waals surface area contributed by atoms with E-state index in [9.17, 15) is 9.59 Å². The van der Waals surface area contributed by atoms with Crippen LogP contribution in [0.4, 0.5) is 5.82 Å². The minimum atomic E-state index is -0.415. The van der Waals surface area contributed by atoms with Crippen LogP contribution in [0.5, 0.6) is 0 Å². The minimum Gasteiger partial charge on any atom is -0.341 e. The lowest BCUT2D eigenvalue weighted by Gasteiger charge is -2.34. The molecule has 1 aliphatic rings. The smallest absolute Gasteiger partial charge is 0.239 e. The van der Waals surface area contributed by atoms with Crippen molar-refractivity contribution in [3.8, 4) is 0 Å². The third-order valence-corrected chi connectivity index (χ3v) is 4.70. The van der Waals surface area contributed by atoms with Gasteiger partial charge in [-0.05, 0) is 31.1 Å². The number of carbonyl (C=O) groups excluding carboxylic acids is 2. The van der Waals surface area contributed by atoms with Crippen LogP contribution >= 0.6 is 12.4 Å². The summed E-state index contributed by atoms with van der Waals surface area (Å²) >= 11 is 0. The second-order valence-electron chi connectivity index (χ2n) is 8.10. The molecule has 0 saturated carbocycles. The summed E-state index contributed by atoms with van der Waals surface area (Å²) in [6, 6.07) is 1.60. The second-order valence-corrected chi connectivity index (χ2v) is 8.10. The van der Waals surface area contributed by atoms with E-state index in [2.05, 4.69) is 24.3 Å². The van der Waals surface area contributed by atoms with Gasteiger partial charge in [0.25, 0.3) is 0 Å². The number of nitrogens with one attached hydrogen (secondary N) is 1. The van der Waals surface area contributed by atoms with E-state index >= 15 is 0 Å². The highest BCUT2D eigenvalue weighted by Gasteiger charge is 2.28. The number of piperidine rings is 1. The van der Waals surface area contributed by atoms with Crippen LogP contribution in [-0.4, -0.2) is 45.6 Å². The zero-order valence-electron chi connectivity index (χ0n) is 16.9. The van der Waals surface area contributed by atoms with E-state index in [0.29, 0.717) is 37.8 Å². The molecule has 8 heteroatoms. The van der Waals surface area contributed by atoms with Gasteiger partial charge in [-0.2, -0.15) is 5.10 Å². The van der Waals surface area contributed by atoms with Crippen LogP contribution in [0.15, 0.2) is 12.3 Å². The number of anilines is 1. The maximum atomic E-state index is 12.5. The predicted octanol–water partition coefficient (Wildman–Crippen LogP) is 2.83. The molecular formula is C19H34ClN5O2. The second kappa shape index (κ2) is 10.7. The van der Waals surface area contributed by atoms with Crippen LogP contribution in [0.3, 0.4) is 0 Å². The van der Waals surface area contributed by atoms with E-state index in [0.717, 1.165) is 18.7 Å². The Hall–Kier alpha value is -1.60. The van der Waals surface area contributed by atoms with E-state index in [1.54, 1.807) is 6.20 Å². The van der Waals surface area contributed by atoms with Crippen LogP contribution in [0.1, 0.15) is 59.4 Å². The predicted molar refractivity (Wildman–Crippen MR) is 110 cm³/mol. The zero-order chi connectivity index (χ0) is 19.3. The highest BCUT2D eigenvalue weighted by molar-refractivity contribution is 5.90. The fourth-order valence-corrected chi connectivity index (χ4v) is 3.44. The van der Waals surface area contributed by atoms with Gasteiger partial charge in [-0.3, -0.25) is 9.59 Å². The minimum absolute atomic E-state index is 0. The van der Waals surface area contributed by atoms with Crippen molar-refractivity contribution in [2.45, 2.75) is 65.5 Å². The lowest BCUT2D eigenvalue weighted by atomic mass is 10.0. The van der Waals surface area contributed by atoms with Crippen molar-refractivity contribution < 1.29 is 9.59 Å². The van der Waals surface area contributed by atoms with Crippen molar-refractivity contribution in [1.29, 1.82) is 0 Å². The van der Waals surface area contributed by atoms with Gasteiger partial charge in [-0.25, -0.2) is 4.68 Å². The number of carbonyl (C=O) groups is 2. The maximum absolute atomic E-state index is 12.5. The fourth-order valence-electron chi connectivity index (χ4n) is 3.44. The van der Waals surface area contributed by atoms with Gasteiger partial charge in [0.1, 0.15) is 5.82 Å².